The van der Waals surface area contributed by atoms with Crippen molar-refractivity contribution in [2.45, 2.75) is 6.42 Å². The van der Waals surface area contributed by atoms with Crippen molar-refractivity contribution in [3.05, 3.63) is 60.7 Å². The van der Waals surface area contributed by atoms with Gasteiger partial charge in [-0.2, -0.15) is 0 Å². The smallest absolute Gasteiger partial charge is 0.247 e. The molecule has 0 atom stereocenters. The zero-order valence-corrected chi connectivity index (χ0v) is 10.8. The molecule has 5 nitrogen and oxygen atoms in total. The molecule has 0 spiro atoms. The Morgan fingerprint density at radius 3 is 1.90 bits per heavy atom. The summed E-state index contributed by atoms with van der Waals surface area (Å²) >= 11 is 0. The van der Waals surface area contributed by atoms with Gasteiger partial charge in [-0.1, -0.05) is 36.4 Å². The van der Waals surface area contributed by atoms with E-state index >= 15 is 0 Å². The van der Waals surface area contributed by atoms with E-state index in [1.165, 1.54) is 0 Å². The van der Waals surface area contributed by atoms with Crippen LogP contribution >= 0.6 is 0 Å². The quantitative estimate of drug-likeness (QED) is 0.575. The lowest BCUT2D eigenvalue weighted by atomic mass is 10.3. The van der Waals surface area contributed by atoms with Gasteiger partial charge in [0.1, 0.15) is 6.42 Å². The molecular weight excluding hydrogens is 254 g/mol. The van der Waals surface area contributed by atoms with Crippen molar-refractivity contribution in [3.8, 4) is 0 Å². The van der Waals surface area contributed by atoms with Crippen molar-refractivity contribution in [1.82, 2.24) is 5.43 Å². The Bertz CT molecular complexity index is 570. The maximum atomic E-state index is 11.6. The van der Waals surface area contributed by atoms with Crippen molar-refractivity contribution in [1.29, 1.82) is 0 Å². The third-order valence-corrected chi connectivity index (χ3v) is 2.50. The van der Waals surface area contributed by atoms with Crippen LogP contribution in [0.4, 0.5) is 11.4 Å². The fourth-order valence-corrected chi connectivity index (χ4v) is 1.58. The van der Waals surface area contributed by atoms with Gasteiger partial charge < -0.3 is 5.32 Å². The van der Waals surface area contributed by atoms with E-state index in [2.05, 4.69) is 16.2 Å². The van der Waals surface area contributed by atoms with Crippen LogP contribution < -0.4 is 16.2 Å². The number of rotatable bonds is 5. The van der Waals surface area contributed by atoms with Gasteiger partial charge in [0.2, 0.25) is 11.8 Å². The molecule has 3 N–H and O–H groups in total. The van der Waals surface area contributed by atoms with E-state index in [0.29, 0.717) is 5.69 Å². The number of hydrogen-bond acceptors (Lipinski definition) is 3. The molecule has 0 unspecified atom stereocenters. The van der Waals surface area contributed by atoms with Crippen LogP contribution in [0.25, 0.3) is 0 Å². The summed E-state index contributed by atoms with van der Waals surface area (Å²) < 4.78 is 0. The number of carbonyl (C=O) groups excluding carboxylic acids is 2. The number of hydrazine groups is 1. The summed E-state index contributed by atoms with van der Waals surface area (Å²) in [6, 6.07) is 18.2. The number of benzene rings is 2. The Kier molecular flexibility index (Phi) is 4.72. The second-order valence-corrected chi connectivity index (χ2v) is 4.13. The molecule has 20 heavy (non-hydrogen) atoms. The van der Waals surface area contributed by atoms with Crippen molar-refractivity contribution in [3.63, 3.8) is 0 Å². The molecule has 2 amide bonds. The van der Waals surface area contributed by atoms with Crippen molar-refractivity contribution in [2.24, 2.45) is 0 Å². The first-order valence-corrected chi connectivity index (χ1v) is 6.19. The highest BCUT2D eigenvalue weighted by Crippen LogP contribution is 2.05. The Balaban J connectivity index is 1.75. The van der Waals surface area contributed by atoms with E-state index in [-0.39, 0.29) is 12.3 Å². The molecular formula is C15H15N3O2. The summed E-state index contributed by atoms with van der Waals surface area (Å²) in [5.41, 5.74) is 6.62. The first-order chi connectivity index (χ1) is 9.74. The third kappa shape index (κ3) is 4.45. The molecule has 2 rings (SSSR count). The molecule has 0 radical (unpaired) electrons. The largest absolute Gasteiger partial charge is 0.326 e. The Morgan fingerprint density at radius 2 is 1.30 bits per heavy atom. The zero-order valence-electron chi connectivity index (χ0n) is 10.8. The molecule has 0 saturated heterocycles. The van der Waals surface area contributed by atoms with Crippen LogP contribution in [0, 0.1) is 0 Å². The lowest BCUT2D eigenvalue weighted by molar-refractivity contribution is -0.126. The average Bonchev–Trinajstić information content (AvgIpc) is 2.47. The predicted octanol–water partition coefficient (Wildman–Crippen LogP) is 2.16. The van der Waals surface area contributed by atoms with Crippen LogP contribution in [0.15, 0.2) is 60.7 Å². The molecule has 2 aromatic carbocycles. The highest BCUT2D eigenvalue weighted by molar-refractivity contribution is 6.03. The van der Waals surface area contributed by atoms with E-state index in [4.69, 9.17) is 0 Å². The minimum atomic E-state index is -0.401. The monoisotopic (exact) mass is 269 g/mol. The Morgan fingerprint density at radius 1 is 0.750 bits per heavy atom. The molecule has 0 aromatic heterocycles. The fraction of sp³-hybridized carbons (Fsp3) is 0.0667. The second kappa shape index (κ2) is 6.94. The molecule has 0 fully saturated rings. The topological polar surface area (TPSA) is 70.2 Å². The van der Waals surface area contributed by atoms with Gasteiger partial charge in [0.25, 0.3) is 0 Å². The third-order valence-electron chi connectivity index (χ3n) is 2.50. The number of anilines is 2. The van der Waals surface area contributed by atoms with E-state index < -0.39 is 5.91 Å². The standard InChI is InChI=1S/C15H15N3O2/c19-14(16-12-7-3-1-4-8-12)11-15(20)18-17-13-9-5-2-6-10-13/h1-10,17H,11H2,(H,16,19)(H,18,20). The number of amides is 2. The lowest BCUT2D eigenvalue weighted by Gasteiger charge is -2.08. The molecule has 0 heterocycles. The molecule has 102 valence electrons. The maximum Gasteiger partial charge on any atom is 0.247 e. The van der Waals surface area contributed by atoms with Crippen LogP contribution in [0.3, 0.4) is 0 Å². The number of hydrogen-bond donors (Lipinski definition) is 3. The second-order valence-electron chi connectivity index (χ2n) is 4.13. The van der Waals surface area contributed by atoms with Gasteiger partial charge in [0, 0.05) is 5.69 Å². The Hall–Kier alpha value is -2.82. The van der Waals surface area contributed by atoms with Crippen molar-refractivity contribution < 1.29 is 9.59 Å². The fourth-order valence-electron chi connectivity index (χ4n) is 1.58. The van der Waals surface area contributed by atoms with Crippen LogP contribution in [0.5, 0.6) is 0 Å². The number of para-hydroxylation sites is 2. The van der Waals surface area contributed by atoms with Gasteiger partial charge in [-0.3, -0.25) is 20.4 Å². The van der Waals surface area contributed by atoms with Crippen LogP contribution in [-0.4, -0.2) is 11.8 Å². The van der Waals surface area contributed by atoms with Crippen molar-refractivity contribution >= 4 is 23.2 Å². The minimum absolute atomic E-state index is 0.241. The predicted molar refractivity (Wildman–Crippen MR) is 77.9 cm³/mol. The zero-order chi connectivity index (χ0) is 14.2. The van der Waals surface area contributed by atoms with E-state index in [1.54, 1.807) is 12.1 Å². The lowest BCUT2D eigenvalue weighted by Crippen LogP contribution is -2.32. The summed E-state index contributed by atoms with van der Waals surface area (Å²) in [6.45, 7) is 0. The normalized spacial score (nSPS) is 9.60. The van der Waals surface area contributed by atoms with Gasteiger partial charge >= 0.3 is 0 Å². The summed E-state index contributed by atoms with van der Waals surface area (Å²) in [5.74, 6) is -0.758. The summed E-state index contributed by atoms with van der Waals surface area (Å²) in [7, 11) is 0. The maximum absolute atomic E-state index is 11.6. The molecule has 0 saturated carbocycles. The van der Waals surface area contributed by atoms with Crippen molar-refractivity contribution in [2.75, 3.05) is 10.7 Å². The average molecular weight is 269 g/mol. The molecule has 0 aliphatic carbocycles. The summed E-state index contributed by atoms with van der Waals surface area (Å²) in [4.78, 5) is 23.2. The van der Waals surface area contributed by atoms with E-state index in [0.717, 1.165) is 5.69 Å². The Labute approximate surface area is 117 Å². The van der Waals surface area contributed by atoms with Crippen LogP contribution in [-0.2, 0) is 9.59 Å². The van der Waals surface area contributed by atoms with Crippen LogP contribution in [0.2, 0.25) is 0 Å². The summed E-state index contributed by atoms with van der Waals surface area (Å²) in [6.07, 6.45) is -0.241. The first kappa shape index (κ1) is 13.6. The van der Waals surface area contributed by atoms with E-state index in [9.17, 15) is 9.59 Å². The van der Waals surface area contributed by atoms with Gasteiger partial charge in [-0.25, -0.2) is 0 Å². The highest BCUT2D eigenvalue weighted by Gasteiger charge is 2.09. The van der Waals surface area contributed by atoms with Gasteiger partial charge in [0.15, 0.2) is 0 Å². The number of nitrogens with one attached hydrogen (secondary N) is 3. The van der Waals surface area contributed by atoms with Crippen LogP contribution in [0.1, 0.15) is 6.42 Å². The summed E-state index contributed by atoms with van der Waals surface area (Å²) in [5, 5.41) is 2.64. The molecule has 0 bridgehead atoms. The van der Waals surface area contributed by atoms with Gasteiger partial charge in [-0.05, 0) is 24.3 Å². The SMILES string of the molecule is O=C(CC(=O)Nc1ccccc1)NNc1ccccc1. The minimum Gasteiger partial charge on any atom is -0.326 e. The molecule has 5 heteroatoms. The molecule has 0 aliphatic heterocycles. The first-order valence-electron chi connectivity index (χ1n) is 6.19. The highest BCUT2D eigenvalue weighted by atomic mass is 16.2. The van der Waals surface area contributed by atoms with Gasteiger partial charge in [0.05, 0.1) is 5.69 Å². The number of carbonyl (C=O) groups is 2. The molecule has 2 aromatic rings. The van der Waals surface area contributed by atoms with Gasteiger partial charge in [-0.15, -0.1) is 0 Å². The van der Waals surface area contributed by atoms with E-state index in [1.807, 2.05) is 48.5 Å². The molecule has 0 aliphatic rings.